The highest BCUT2D eigenvalue weighted by atomic mass is 35.5. The Bertz CT molecular complexity index is 1150. The molecule has 0 saturated heterocycles. The highest BCUT2D eigenvalue weighted by Gasteiger charge is 2.15. The Morgan fingerprint density at radius 2 is 2.03 bits per heavy atom. The van der Waals surface area contributed by atoms with E-state index < -0.39 is 6.23 Å². The summed E-state index contributed by atoms with van der Waals surface area (Å²) in [4.78, 5) is 4.60. The normalized spacial score (nSPS) is 12.6. The van der Waals surface area contributed by atoms with E-state index in [1.54, 1.807) is 10.9 Å². The number of rotatable bonds is 6. The van der Waals surface area contributed by atoms with Crippen LogP contribution in [0.5, 0.6) is 0 Å². The van der Waals surface area contributed by atoms with Crippen LogP contribution >= 0.6 is 11.6 Å². The van der Waals surface area contributed by atoms with Crippen LogP contribution in [0.25, 0.3) is 22.3 Å². The minimum Gasteiger partial charge on any atom is -0.374 e. The predicted molar refractivity (Wildman–Crippen MR) is 114 cm³/mol. The molecule has 9 heteroatoms. The van der Waals surface area contributed by atoms with Gasteiger partial charge in [-0.3, -0.25) is 10.4 Å². The SMILES string of the molecule is CC(C)NC(O)c1cccc(-c2nc(Nc3ccc4[nH]ncc4c3Cl)n(C)n2)c1. The van der Waals surface area contributed by atoms with Crippen molar-refractivity contribution in [2.45, 2.75) is 26.1 Å². The monoisotopic (exact) mass is 411 g/mol. The molecule has 2 aromatic heterocycles. The zero-order chi connectivity index (χ0) is 20.5. The fraction of sp³-hybridized carbons (Fsp3) is 0.250. The second-order valence-electron chi connectivity index (χ2n) is 7.12. The Morgan fingerprint density at radius 3 is 2.83 bits per heavy atom. The average molecular weight is 412 g/mol. The molecule has 8 nitrogen and oxygen atoms in total. The first-order valence-corrected chi connectivity index (χ1v) is 9.64. The number of aliphatic hydroxyl groups is 1. The summed E-state index contributed by atoms with van der Waals surface area (Å²) < 4.78 is 1.65. The highest BCUT2D eigenvalue weighted by Crippen LogP contribution is 2.32. The van der Waals surface area contributed by atoms with Gasteiger partial charge in [0.15, 0.2) is 5.82 Å². The van der Waals surface area contributed by atoms with Gasteiger partial charge >= 0.3 is 0 Å². The number of aliphatic hydroxyl groups excluding tert-OH is 1. The number of nitrogens with one attached hydrogen (secondary N) is 3. The van der Waals surface area contributed by atoms with Gasteiger partial charge in [0.2, 0.25) is 5.95 Å². The number of hydrogen-bond acceptors (Lipinski definition) is 6. The average Bonchev–Trinajstić information content (AvgIpc) is 3.31. The van der Waals surface area contributed by atoms with Crippen LogP contribution in [0.3, 0.4) is 0 Å². The van der Waals surface area contributed by atoms with Crippen molar-refractivity contribution in [3.8, 4) is 11.4 Å². The lowest BCUT2D eigenvalue weighted by Crippen LogP contribution is -2.27. The summed E-state index contributed by atoms with van der Waals surface area (Å²) in [6, 6.07) is 11.5. The zero-order valence-corrected chi connectivity index (χ0v) is 17.1. The molecule has 4 rings (SSSR count). The van der Waals surface area contributed by atoms with Gasteiger partial charge in [0.25, 0.3) is 0 Å². The molecule has 0 aliphatic rings. The Hall–Kier alpha value is -2.94. The molecule has 1 atom stereocenters. The molecule has 0 radical (unpaired) electrons. The minimum atomic E-state index is -0.753. The summed E-state index contributed by atoms with van der Waals surface area (Å²) in [6.07, 6.45) is 0.934. The van der Waals surface area contributed by atoms with Crippen LogP contribution in [0, 0.1) is 0 Å². The predicted octanol–water partition coefficient (Wildman–Crippen LogP) is 3.74. The summed E-state index contributed by atoms with van der Waals surface area (Å²) >= 11 is 6.49. The molecule has 0 fully saturated rings. The van der Waals surface area contributed by atoms with Crippen LogP contribution in [0.1, 0.15) is 25.6 Å². The number of aryl methyl sites for hydroxylation is 1. The van der Waals surface area contributed by atoms with E-state index >= 15 is 0 Å². The second-order valence-corrected chi connectivity index (χ2v) is 7.49. The Balaban J connectivity index is 1.62. The van der Waals surface area contributed by atoms with Crippen molar-refractivity contribution in [2.75, 3.05) is 5.32 Å². The van der Waals surface area contributed by atoms with Crippen molar-refractivity contribution in [1.29, 1.82) is 0 Å². The molecule has 1 unspecified atom stereocenters. The zero-order valence-electron chi connectivity index (χ0n) is 16.3. The van der Waals surface area contributed by atoms with Gasteiger partial charge in [-0.05, 0) is 37.6 Å². The number of halogens is 1. The van der Waals surface area contributed by atoms with Gasteiger partial charge in [0, 0.05) is 24.0 Å². The van der Waals surface area contributed by atoms with Gasteiger partial charge < -0.3 is 10.4 Å². The molecule has 0 amide bonds. The van der Waals surface area contributed by atoms with Gasteiger partial charge in [-0.15, -0.1) is 5.10 Å². The number of nitrogens with zero attached hydrogens (tertiary/aromatic N) is 4. The number of hydrogen-bond donors (Lipinski definition) is 4. The van der Waals surface area contributed by atoms with Crippen molar-refractivity contribution < 1.29 is 5.11 Å². The lowest BCUT2D eigenvalue weighted by atomic mass is 10.1. The van der Waals surface area contributed by atoms with E-state index in [2.05, 4.69) is 30.9 Å². The van der Waals surface area contributed by atoms with Gasteiger partial charge in [-0.2, -0.15) is 10.1 Å². The summed E-state index contributed by atoms with van der Waals surface area (Å²) in [5, 5.41) is 29.4. The summed E-state index contributed by atoms with van der Waals surface area (Å²) in [5.41, 5.74) is 3.15. The van der Waals surface area contributed by atoms with Crippen molar-refractivity contribution in [3.63, 3.8) is 0 Å². The molecular formula is C20H22ClN7O. The Kier molecular flexibility index (Phi) is 5.23. The summed E-state index contributed by atoms with van der Waals surface area (Å²) in [6.45, 7) is 3.97. The first-order valence-electron chi connectivity index (χ1n) is 9.26. The molecule has 2 aromatic carbocycles. The topological polar surface area (TPSA) is 104 Å². The molecule has 0 bridgehead atoms. The van der Waals surface area contributed by atoms with E-state index in [-0.39, 0.29) is 6.04 Å². The molecule has 0 saturated carbocycles. The van der Waals surface area contributed by atoms with Crippen LogP contribution in [0.4, 0.5) is 11.6 Å². The fourth-order valence-corrected chi connectivity index (χ4v) is 3.34. The number of H-pyrrole nitrogens is 1. The smallest absolute Gasteiger partial charge is 0.225 e. The lowest BCUT2D eigenvalue weighted by Gasteiger charge is -2.16. The Morgan fingerprint density at radius 1 is 1.21 bits per heavy atom. The van der Waals surface area contributed by atoms with E-state index in [9.17, 15) is 5.11 Å². The van der Waals surface area contributed by atoms with Crippen LogP contribution in [0.2, 0.25) is 5.02 Å². The third-order valence-electron chi connectivity index (χ3n) is 4.52. The van der Waals surface area contributed by atoms with E-state index in [1.165, 1.54) is 0 Å². The highest BCUT2D eigenvalue weighted by molar-refractivity contribution is 6.38. The van der Waals surface area contributed by atoms with Crippen molar-refractivity contribution in [2.24, 2.45) is 7.05 Å². The standard InChI is InChI=1S/C20H22ClN7O/c1-11(2)23-19(29)13-6-4-5-12(9-13)18-25-20(28(3)27-18)24-16-8-7-15-14(17(16)21)10-22-26-15/h4-11,19,23,29H,1-3H3,(H,22,26)(H,24,25,27). The molecule has 150 valence electrons. The number of fused-ring (bicyclic) bond motifs is 1. The van der Waals surface area contributed by atoms with Crippen LogP contribution in [0.15, 0.2) is 42.6 Å². The van der Waals surface area contributed by atoms with Crippen molar-refractivity contribution in [1.82, 2.24) is 30.3 Å². The molecule has 29 heavy (non-hydrogen) atoms. The quantitative estimate of drug-likeness (QED) is 0.360. The maximum atomic E-state index is 10.3. The lowest BCUT2D eigenvalue weighted by molar-refractivity contribution is 0.129. The van der Waals surface area contributed by atoms with Crippen molar-refractivity contribution in [3.05, 3.63) is 53.2 Å². The summed E-state index contributed by atoms with van der Waals surface area (Å²) in [7, 11) is 1.81. The van der Waals surface area contributed by atoms with Crippen molar-refractivity contribution >= 4 is 34.1 Å². The van der Waals surface area contributed by atoms with Crippen LogP contribution < -0.4 is 10.6 Å². The van der Waals surface area contributed by atoms with E-state index in [1.807, 2.05) is 57.3 Å². The molecule has 4 N–H and O–H groups in total. The molecule has 4 aromatic rings. The Labute approximate surface area is 172 Å². The number of aromatic amines is 1. The maximum Gasteiger partial charge on any atom is 0.225 e. The van der Waals surface area contributed by atoms with Gasteiger partial charge in [0.05, 0.1) is 22.4 Å². The fourth-order valence-electron chi connectivity index (χ4n) is 3.08. The number of benzene rings is 2. The summed E-state index contributed by atoms with van der Waals surface area (Å²) in [5.74, 6) is 1.10. The van der Waals surface area contributed by atoms with Crippen LogP contribution in [-0.2, 0) is 7.05 Å². The first-order chi connectivity index (χ1) is 13.9. The minimum absolute atomic E-state index is 0.162. The number of aromatic nitrogens is 5. The van der Waals surface area contributed by atoms with E-state index in [4.69, 9.17) is 11.6 Å². The first kappa shape index (κ1) is 19.4. The van der Waals surface area contributed by atoms with Gasteiger partial charge in [-0.1, -0.05) is 29.8 Å². The second kappa shape index (κ2) is 7.82. The largest absolute Gasteiger partial charge is 0.374 e. The molecule has 0 aliphatic heterocycles. The van der Waals surface area contributed by atoms with E-state index in [0.29, 0.717) is 22.5 Å². The molecular weight excluding hydrogens is 390 g/mol. The van der Waals surface area contributed by atoms with Gasteiger partial charge in [0.1, 0.15) is 6.23 Å². The van der Waals surface area contributed by atoms with Crippen LogP contribution in [-0.4, -0.2) is 36.1 Å². The third kappa shape index (κ3) is 3.95. The van der Waals surface area contributed by atoms with Gasteiger partial charge in [-0.25, -0.2) is 4.68 Å². The number of anilines is 2. The molecule has 2 heterocycles. The maximum absolute atomic E-state index is 10.3. The molecule has 0 aliphatic carbocycles. The third-order valence-corrected chi connectivity index (χ3v) is 4.93. The van der Waals surface area contributed by atoms with E-state index in [0.717, 1.165) is 22.0 Å². The molecule has 0 spiro atoms.